The average Bonchev–Trinajstić information content (AvgIpc) is 2.52. The number of para-hydroxylation sites is 1. The van der Waals surface area contributed by atoms with Gasteiger partial charge in [0.25, 0.3) is 0 Å². The summed E-state index contributed by atoms with van der Waals surface area (Å²) in [6, 6.07) is 3.97. The van der Waals surface area contributed by atoms with Gasteiger partial charge in [0, 0.05) is 6.04 Å². The van der Waals surface area contributed by atoms with Crippen molar-refractivity contribution in [3.8, 4) is 0 Å². The van der Waals surface area contributed by atoms with Crippen molar-refractivity contribution in [2.45, 2.75) is 58.2 Å². The van der Waals surface area contributed by atoms with E-state index >= 15 is 0 Å². The van der Waals surface area contributed by atoms with E-state index in [1.807, 2.05) is 0 Å². The average molecular weight is 320 g/mol. The molecule has 1 aliphatic rings. The molecule has 1 aliphatic carbocycles. The minimum atomic E-state index is -4.39. The number of halogens is 4. The molecule has 21 heavy (non-hydrogen) atoms. The van der Waals surface area contributed by atoms with Gasteiger partial charge in [0.15, 0.2) is 0 Å². The maximum absolute atomic E-state index is 13.1. The SMILES string of the molecule is CC1(C)CCCC(Nc2c(Cl)cccc2C(F)(F)F)CC1. The van der Waals surface area contributed by atoms with Crippen molar-refractivity contribution in [3.63, 3.8) is 0 Å². The largest absolute Gasteiger partial charge is 0.418 e. The molecule has 2 rings (SSSR count). The number of hydrogen-bond acceptors (Lipinski definition) is 1. The van der Waals surface area contributed by atoms with Gasteiger partial charge in [-0.25, -0.2) is 0 Å². The lowest BCUT2D eigenvalue weighted by atomic mass is 9.85. The maximum atomic E-state index is 13.1. The molecule has 0 radical (unpaired) electrons. The third-order valence-corrected chi connectivity index (χ3v) is 4.56. The molecule has 1 nitrogen and oxygen atoms in total. The standard InChI is InChI=1S/C16H21ClF3N/c1-15(2)9-4-5-11(8-10-15)21-14-12(16(18,19)20)6-3-7-13(14)17/h3,6-7,11,21H,4-5,8-10H2,1-2H3. The second-order valence-corrected chi connectivity index (χ2v) is 7.00. The van der Waals surface area contributed by atoms with E-state index in [2.05, 4.69) is 19.2 Å². The van der Waals surface area contributed by atoms with Crippen molar-refractivity contribution in [1.29, 1.82) is 0 Å². The lowest BCUT2D eigenvalue weighted by Gasteiger charge is -2.24. The van der Waals surface area contributed by atoms with E-state index in [1.54, 1.807) is 0 Å². The highest BCUT2D eigenvalue weighted by Gasteiger charge is 2.35. The normalized spacial score (nSPS) is 22.7. The number of anilines is 1. The van der Waals surface area contributed by atoms with Crippen LogP contribution in [0.5, 0.6) is 0 Å². The van der Waals surface area contributed by atoms with Crippen LogP contribution in [0.25, 0.3) is 0 Å². The van der Waals surface area contributed by atoms with Gasteiger partial charge >= 0.3 is 6.18 Å². The predicted octanol–water partition coefficient (Wildman–Crippen LogP) is 6.13. The smallest absolute Gasteiger partial charge is 0.381 e. The summed E-state index contributed by atoms with van der Waals surface area (Å²) < 4.78 is 39.3. The summed E-state index contributed by atoms with van der Waals surface area (Å²) in [5.74, 6) is 0. The van der Waals surface area contributed by atoms with Gasteiger partial charge in [0.2, 0.25) is 0 Å². The zero-order chi connectivity index (χ0) is 15.7. The Balaban J connectivity index is 2.20. The van der Waals surface area contributed by atoms with Gasteiger partial charge in [0.05, 0.1) is 16.3 Å². The topological polar surface area (TPSA) is 12.0 Å². The van der Waals surface area contributed by atoms with Gasteiger partial charge in [0.1, 0.15) is 0 Å². The monoisotopic (exact) mass is 319 g/mol. The van der Waals surface area contributed by atoms with Crippen LogP contribution in [0.4, 0.5) is 18.9 Å². The molecule has 1 N–H and O–H groups in total. The predicted molar refractivity (Wildman–Crippen MR) is 80.7 cm³/mol. The van der Waals surface area contributed by atoms with Crippen LogP contribution >= 0.6 is 11.6 Å². The van der Waals surface area contributed by atoms with Crippen molar-refractivity contribution in [3.05, 3.63) is 28.8 Å². The van der Waals surface area contributed by atoms with Gasteiger partial charge < -0.3 is 5.32 Å². The Bertz CT molecular complexity index is 497. The van der Waals surface area contributed by atoms with Crippen LogP contribution in [0.1, 0.15) is 51.5 Å². The Hall–Kier alpha value is -0.900. The van der Waals surface area contributed by atoms with Crippen LogP contribution in [0, 0.1) is 5.41 Å². The van der Waals surface area contributed by atoms with E-state index in [-0.39, 0.29) is 22.2 Å². The van der Waals surface area contributed by atoms with E-state index in [0.717, 1.165) is 38.2 Å². The number of hydrogen-bond donors (Lipinski definition) is 1. The molecule has 1 saturated carbocycles. The van der Waals surface area contributed by atoms with Crippen LogP contribution in [0.3, 0.4) is 0 Å². The molecule has 5 heteroatoms. The first-order valence-electron chi connectivity index (χ1n) is 7.31. The van der Waals surface area contributed by atoms with Gasteiger partial charge in [-0.1, -0.05) is 37.9 Å². The Labute approximate surface area is 128 Å². The quantitative estimate of drug-likeness (QED) is 0.646. The zero-order valence-electron chi connectivity index (χ0n) is 12.4. The first kappa shape index (κ1) is 16.5. The van der Waals surface area contributed by atoms with Gasteiger partial charge in [-0.2, -0.15) is 13.2 Å². The fourth-order valence-corrected chi connectivity index (χ4v) is 3.15. The Morgan fingerprint density at radius 2 is 1.90 bits per heavy atom. The van der Waals surface area contributed by atoms with E-state index < -0.39 is 11.7 Å². The molecule has 0 heterocycles. The van der Waals surface area contributed by atoms with Gasteiger partial charge in [-0.3, -0.25) is 0 Å². The van der Waals surface area contributed by atoms with Crippen LogP contribution in [-0.2, 0) is 6.18 Å². The second-order valence-electron chi connectivity index (χ2n) is 6.60. The molecule has 0 saturated heterocycles. The number of alkyl halides is 3. The summed E-state index contributed by atoms with van der Waals surface area (Å²) in [6.07, 6.45) is 0.505. The summed E-state index contributed by atoms with van der Waals surface area (Å²) in [5.41, 5.74) is -0.390. The highest BCUT2D eigenvalue weighted by Crippen LogP contribution is 2.40. The lowest BCUT2D eigenvalue weighted by Crippen LogP contribution is -2.22. The van der Waals surface area contributed by atoms with E-state index in [9.17, 15) is 13.2 Å². The van der Waals surface area contributed by atoms with Crippen LogP contribution < -0.4 is 5.32 Å². The van der Waals surface area contributed by atoms with Crippen molar-refractivity contribution in [2.24, 2.45) is 5.41 Å². The van der Waals surface area contributed by atoms with Gasteiger partial charge in [-0.05, 0) is 43.2 Å². The molecule has 1 unspecified atom stereocenters. The van der Waals surface area contributed by atoms with Crippen molar-refractivity contribution < 1.29 is 13.2 Å². The van der Waals surface area contributed by atoms with Gasteiger partial charge in [-0.15, -0.1) is 0 Å². The van der Waals surface area contributed by atoms with E-state index in [1.165, 1.54) is 12.1 Å². The minimum Gasteiger partial charge on any atom is -0.381 e. The summed E-state index contributed by atoms with van der Waals surface area (Å²) in [5, 5.41) is 3.18. The summed E-state index contributed by atoms with van der Waals surface area (Å²) >= 11 is 5.99. The van der Waals surface area contributed by atoms with Crippen LogP contribution in [0.2, 0.25) is 5.02 Å². The molecule has 1 atom stereocenters. The third-order valence-electron chi connectivity index (χ3n) is 4.24. The summed E-state index contributed by atoms with van der Waals surface area (Å²) in [6.45, 7) is 4.43. The molecule has 1 fully saturated rings. The first-order valence-corrected chi connectivity index (χ1v) is 7.69. The molecule has 0 aliphatic heterocycles. The molecule has 0 amide bonds. The third kappa shape index (κ3) is 4.29. The minimum absolute atomic E-state index is 0.0244. The van der Waals surface area contributed by atoms with Crippen molar-refractivity contribution in [2.75, 3.05) is 5.32 Å². The molecular formula is C16H21ClF3N. The number of benzene rings is 1. The number of rotatable bonds is 2. The summed E-state index contributed by atoms with van der Waals surface area (Å²) in [4.78, 5) is 0. The van der Waals surface area contributed by atoms with Crippen LogP contribution in [0.15, 0.2) is 18.2 Å². The highest BCUT2D eigenvalue weighted by atomic mass is 35.5. The first-order chi connectivity index (χ1) is 9.69. The molecule has 1 aromatic rings. The maximum Gasteiger partial charge on any atom is 0.418 e. The summed E-state index contributed by atoms with van der Waals surface area (Å²) in [7, 11) is 0. The Morgan fingerprint density at radius 1 is 1.19 bits per heavy atom. The molecule has 0 spiro atoms. The van der Waals surface area contributed by atoms with Crippen molar-refractivity contribution in [1.82, 2.24) is 0 Å². The van der Waals surface area contributed by atoms with Crippen molar-refractivity contribution >= 4 is 17.3 Å². The van der Waals surface area contributed by atoms with E-state index in [4.69, 9.17) is 11.6 Å². The fraction of sp³-hybridized carbons (Fsp3) is 0.625. The lowest BCUT2D eigenvalue weighted by molar-refractivity contribution is -0.137. The molecule has 1 aromatic carbocycles. The number of nitrogens with one attached hydrogen (secondary N) is 1. The van der Waals surface area contributed by atoms with E-state index in [0.29, 0.717) is 0 Å². The zero-order valence-corrected chi connectivity index (χ0v) is 13.1. The molecule has 118 valence electrons. The fourth-order valence-electron chi connectivity index (χ4n) is 2.92. The highest BCUT2D eigenvalue weighted by molar-refractivity contribution is 6.33. The Kier molecular flexibility index (Phi) is 4.76. The molecule has 0 bridgehead atoms. The second kappa shape index (κ2) is 6.07. The molecular weight excluding hydrogens is 299 g/mol. The van der Waals surface area contributed by atoms with Crippen LogP contribution in [-0.4, -0.2) is 6.04 Å². The Morgan fingerprint density at radius 3 is 2.57 bits per heavy atom. The molecule has 0 aromatic heterocycles.